The highest BCUT2D eigenvalue weighted by Crippen LogP contribution is 2.21. The zero-order valence-corrected chi connectivity index (χ0v) is 20.1. The van der Waals surface area contributed by atoms with Crippen LogP contribution in [0, 0.1) is 0 Å². The monoisotopic (exact) mass is 460 g/mol. The summed E-state index contributed by atoms with van der Waals surface area (Å²) in [6.45, 7) is 6.57. The Kier molecular flexibility index (Phi) is 10.2. The number of ether oxygens (including phenoxy) is 2. The molecule has 1 aromatic heterocycles. The van der Waals surface area contributed by atoms with Crippen LogP contribution in [0.4, 0.5) is 11.5 Å². The van der Waals surface area contributed by atoms with Crippen LogP contribution in [0.3, 0.4) is 0 Å². The third-order valence-corrected chi connectivity index (χ3v) is 5.45. The molecule has 1 atom stereocenters. The van der Waals surface area contributed by atoms with Gasteiger partial charge in [0.15, 0.2) is 5.69 Å². The maximum absolute atomic E-state index is 13.4. The third-order valence-electron chi connectivity index (χ3n) is 5.45. The molecule has 0 radical (unpaired) electrons. The molecule has 9 nitrogen and oxygen atoms in total. The predicted molar refractivity (Wildman–Crippen MR) is 130 cm³/mol. The number of aromatic amines is 1. The van der Waals surface area contributed by atoms with Crippen LogP contribution in [0.2, 0.25) is 0 Å². The van der Waals surface area contributed by atoms with E-state index in [9.17, 15) is 14.4 Å². The minimum absolute atomic E-state index is 0.00189. The maximum Gasteiger partial charge on any atom is 0.330 e. The fourth-order valence-electron chi connectivity index (χ4n) is 3.50. The first-order chi connectivity index (χ1) is 15.8. The second kappa shape index (κ2) is 12.8. The van der Waals surface area contributed by atoms with E-state index in [0.717, 1.165) is 31.2 Å². The van der Waals surface area contributed by atoms with E-state index in [1.165, 1.54) is 9.47 Å². The topological polar surface area (TPSA) is 120 Å². The van der Waals surface area contributed by atoms with Crippen molar-refractivity contribution in [3.05, 3.63) is 50.7 Å². The SMILES string of the molecule is CCCCCN(C(=O)C(C)OCc1cccc(OC)c1)c1c(N)n(CCCC)c(=O)[nH]c1=O. The van der Waals surface area contributed by atoms with Gasteiger partial charge in [-0.2, -0.15) is 0 Å². The van der Waals surface area contributed by atoms with Crippen molar-refractivity contribution in [2.45, 2.75) is 72.1 Å². The average molecular weight is 461 g/mol. The lowest BCUT2D eigenvalue weighted by molar-refractivity contribution is -0.129. The van der Waals surface area contributed by atoms with E-state index < -0.39 is 17.4 Å². The Morgan fingerprint density at radius 1 is 1.18 bits per heavy atom. The molecule has 3 N–H and O–H groups in total. The number of nitrogens with zero attached hydrogens (tertiary/aromatic N) is 2. The summed E-state index contributed by atoms with van der Waals surface area (Å²) < 4.78 is 12.4. The number of rotatable bonds is 13. The molecule has 9 heteroatoms. The van der Waals surface area contributed by atoms with E-state index >= 15 is 0 Å². The molecule has 2 rings (SSSR count). The van der Waals surface area contributed by atoms with Gasteiger partial charge in [-0.15, -0.1) is 0 Å². The van der Waals surface area contributed by atoms with Gasteiger partial charge in [0.2, 0.25) is 0 Å². The fraction of sp³-hybridized carbons (Fsp3) is 0.542. The van der Waals surface area contributed by atoms with Crippen molar-refractivity contribution >= 4 is 17.4 Å². The van der Waals surface area contributed by atoms with Gasteiger partial charge in [-0.1, -0.05) is 45.2 Å². The molecule has 0 saturated carbocycles. The smallest absolute Gasteiger partial charge is 0.330 e. The number of benzene rings is 1. The standard InChI is InChI=1S/C24H36N4O5/c1-5-7-9-14-27(20-21(25)28(13-8-6-2)24(31)26-22(20)29)23(30)17(3)33-16-18-11-10-12-19(15-18)32-4/h10-12,15,17H,5-9,13-14,16,25H2,1-4H3,(H,26,29,31). The first kappa shape index (κ1) is 26.2. The summed E-state index contributed by atoms with van der Waals surface area (Å²) >= 11 is 0. The van der Waals surface area contributed by atoms with Crippen LogP contribution in [-0.4, -0.2) is 35.2 Å². The second-order valence-corrected chi connectivity index (χ2v) is 8.00. The van der Waals surface area contributed by atoms with Crippen molar-refractivity contribution < 1.29 is 14.3 Å². The Morgan fingerprint density at radius 3 is 2.58 bits per heavy atom. The number of carbonyl (C=O) groups is 1. The number of methoxy groups -OCH3 is 1. The van der Waals surface area contributed by atoms with Crippen molar-refractivity contribution in [1.29, 1.82) is 0 Å². The normalized spacial score (nSPS) is 11.9. The number of hydrogen-bond donors (Lipinski definition) is 2. The molecule has 0 bridgehead atoms. The van der Waals surface area contributed by atoms with Crippen LogP contribution < -0.4 is 26.6 Å². The number of aromatic nitrogens is 2. The summed E-state index contributed by atoms with van der Waals surface area (Å²) in [5.74, 6) is 0.318. The molecular weight excluding hydrogens is 424 g/mol. The van der Waals surface area contributed by atoms with E-state index in [1.54, 1.807) is 14.0 Å². The van der Waals surface area contributed by atoms with E-state index in [4.69, 9.17) is 15.2 Å². The van der Waals surface area contributed by atoms with Crippen LogP contribution in [0.25, 0.3) is 0 Å². The van der Waals surface area contributed by atoms with Crippen LogP contribution in [0.5, 0.6) is 5.75 Å². The molecule has 1 heterocycles. The number of nitrogens with two attached hydrogens (primary N) is 1. The molecule has 0 aliphatic carbocycles. The van der Waals surface area contributed by atoms with Gasteiger partial charge in [-0.05, 0) is 37.5 Å². The Balaban J connectivity index is 2.32. The predicted octanol–water partition coefficient (Wildman–Crippen LogP) is 3.06. The molecule has 0 aliphatic heterocycles. The summed E-state index contributed by atoms with van der Waals surface area (Å²) in [5.41, 5.74) is 5.88. The number of amides is 1. The molecule has 1 amide bonds. The molecular formula is C24H36N4O5. The molecule has 0 saturated heterocycles. The van der Waals surface area contributed by atoms with E-state index in [-0.39, 0.29) is 24.0 Å². The largest absolute Gasteiger partial charge is 0.497 e. The van der Waals surface area contributed by atoms with Gasteiger partial charge in [-0.25, -0.2) is 4.79 Å². The lowest BCUT2D eigenvalue weighted by Crippen LogP contribution is -2.45. The number of nitrogen functional groups attached to an aromatic ring is 1. The van der Waals surface area contributed by atoms with Crippen LogP contribution in [0.1, 0.15) is 58.4 Å². The van der Waals surface area contributed by atoms with E-state index in [1.807, 2.05) is 31.2 Å². The Morgan fingerprint density at radius 2 is 1.91 bits per heavy atom. The molecule has 1 aromatic carbocycles. The highest BCUT2D eigenvalue weighted by atomic mass is 16.5. The van der Waals surface area contributed by atoms with Crippen molar-refractivity contribution in [1.82, 2.24) is 9.55 Å². The van der Waals surface area contributed by atoms with E-state index in [0.29, 0.717) is 25.3 Å². The van der Waals surface area contributed by atoms with Crippen molar-refractivity contribution in [3.63, 3.8) is 0 Å². The van der Waals surface area contributed by atoms with Gasteiger partial charge < -0.3 is 20.1 Å². The second-order valence-electron chi connectivity index (χ2n) is 8.00. The number of nitrogens with one attached hydrogen (secondary N) is 1. The Labute approximate surface area is 194 Å². The van der Waals surface area contributed by atoms with Crippen LogP contribution >= 0.6 is 0 Å². The van der Waals surface area contributed by atoms with Gasteiger partial charge in [0, 0.05) is 13.1 Å². The molecule has 0 spiro atoms. The summed E-state index contributed by atoms with van der Waals surface area (Å²) in [5, 5.41) is 0. The van der Waals surface area contributed by atoms with Crippen LogP contribution in [0.15, 0.2) is 33.9 Å². The highest BCUT2D eigenvalue weighted by Gasteiger charge is 2.28. The molecule has 33 heavy (non-hydrogen) atoms. The maximum atomic E-state index is 13.4. The highest BCUT2D eigenvalue weighted by molar-refractivity contribution is 5.98. The third kappa shape index (κ3) is 6.95. The number of unbranched alkanes of at least 4 members (excludes halogenated alkanes) is 3. The molecule has 0 fully saturated rings. The van der Waals surface area contributed by atoms with Crippen molar-refractivity contribution in [3.8, 4) is 5.75 Å². The van der Waals surface area contributed by atoms with Gasteiger partial charge in [0.05, 0.1) is 13.7 Å². The lowest BCUT2D eigenvalue weighted by Gasteiger charge is -2.27. The zero-order chi connectivity index (χ0) is 24.4. The zero-order valence-electron chi connectivity index (χ0n) is 20.1. The van der Waals surface area contributed by atoms with Gasteiger partial charge in [0.1, 0.15) is 17.7 Å². The van der Waals surface area contributed by atoms with Crippen LogP contribution in [-0.2, 0) is 22.7 Å². The van der Waals surface area contributed by atoms with Gasteiger partial charge >= 0.3 is 5.69 Å². The molecule has 182 valence electrons. The summed E-state index contributed by atoms with van der Waals surface area (Å²) in [4.78, 5) is 42.1. The van der Waals surface area contributed by atoms with Gasteiger partial charge in [0.25, 0.3) is 11.5 Å². The number of H-pyrrole nitrogens is 1. The summed E-state index contributed by atoms with van der Waals surface area (Å²) in [7, 11) is 1.59. The fourth-order valence-corrected chi connectivity index (χ4v) is 3.50. The molecule has 2 aromatic rings. The van der Waals surface area contributed by atoms with Gasteiger partial charge in [-0.3, -0.25) is 19.1 Å². The number of carbonyl (C=O) groups excluding carboxylic acids is 1. The van der Waals surface area contributed by atoms with Crippen molar-refractivity contribution in [2.24, 2.45) is 0 Å². The number of hydrogen-bond acceptors (Lipinski definition) is 6. The summed E-state index contributed by atoms with van der Waals surface area (Å²) in [6, 6.07) is 7.39. The lowest BCUT2D eigenvalue weighted by atomic mass is 10.2. The summed E-state index contributed by atoms with van der Waals surface area (Å²) in [6.07, 6.45) is 3.28. The van der Waals surface area contributed by atoms with Crippen molar-refractivity contribution in [2.75, 3.05) is 24.3 Å². The quantitative estimate of drug-likeness (QED) is 0.443. The molecule has 0 aliphatic rings. The Hall–Kier alpha value is -3.07. The first-order valence-corrected chi connectivity index (χ1v) is 11.5. The average Bonchev–Trinajstić information content (AvgIpc) is 2.81. The Bertz CT molecular complexity index is 1030. The molecule has 1 unspecified atom stereocenters. The number of anilines is 2. The first-order valence-electron chi connectivity index (χ1n) is 11.5. The minimum atomic E-state index is -0.826. The van der Waals surface area contributed by atoms with E-state index in [2.05, 4.69) is 11.9 Å². The minimum Gasteiger partial charge on any atom is -0.497 e.